The van der Waals surface area contributed by atoms with Gasteiger partial charge in [-0.25, -0.2) is 0 Å². The van der Waals surface area contributed by atoms with Crippen molar-refractivity contribution in [3.63, 3.8) is 0 Å². The van der Waals surface area contributed by atoms with Gasteiger partial charge in [0.25, 0.3) is 0 Å². The predicted molar refractivity (Wildman–Crippen MR) is 33.3 cm³/mol. The highest BCUT2D eigenvalue weighted by molar-refractivity contribution is 4.75. The molecule has 0 radical (unpaired) electrons. The molecule has 0 aliphatic carbocycles. The minimum absolute atomic E-state index is 0.759. The third-order valence-electron chi connectivity index (χ3n) is 1.24. The van der Waals surface area contributed by atoms with E-state index in [4.69, 9.17) is 30.6 Å². The third-order valence-corrected chi connectivity index (χ3v) is 1.24. The Balaban J connectivity index is 3.90. The molecular weight excluding hydrogens is 156 g/mol. The molecule has 11 heavy (non-hydrogen) atoms. The molecule has 0 aliphatic heterocycles. The van der Waals surface area contributed by atoms with Crippen molar-refractivity contribution in [3.05, 3.63) is 0 Å². The molecule has 6 nitrogen and oxygen atoms in total. The molecule has 0 amide bonds. The Morgan fingerprint density at radius 3 is 1.55 bits per heavy atom. The molecule has 0 unspecified atom stereocenters. The van der Waals surface area contributed by atoms with Crippen molar-refractivity contribution in [1.29, 1.82) is 0 Å². The standard InChI is InChI=1S/C5H12O6/c6-1-2(7)3(8)4(9)5(10)11/h2-11H,1H2/t2-,3+,4-/m0/s1. The maximum absolute atomic E-state index is 8.78. The van der Waals surface area contributed by atoms with Gasteiger partial charge in [0.15, 0.2) is 6.29 Å². The molecule has 6 heteroatoms. The van der Waals surface area contributed by atoms with Crippen LogP contribution in [0.5, 0.6) is 0 Å². The summed E-state index contributed by atoms with van der Waals surface area (Å²) in [5, 5.41) is 50.9. The van der Waals surface area contributed by atoms with Crippen LogP contribution < -0.4 is 0 Å². The fourth-order valence-corrected chi connectivity index (χ4v) is 0.512. The number of aliphatic hydroxyl groups excluding tert-OH is 5. The minimum atomic E-state index is -2.13. The average Bonchev–Trinajstić information content (AvgIpc) is 2.00. The first-order chi connectivity index (χ1) is 5.00. The lowest BCUT2D eigenvalue weighted by Crippen LogP contribution is -2.45. The van der Waals surface area contributed by atoms with Gasteiger partial charge >= 0.3 is 0 Å². The molecule has 0 rings (SSSR count). The highest BCUT2D eigenvalue weighted by Crippen LogP contribution is 2.02. The second-order valence-electron chi connectivity index (χ2n) is 2.14. The normalized spacial score (nSPS) is 19.9. The van der Waals surface area contributed by atoms with Crippen LogP contribution in [0.25, 0.3) is 0 Å². The van der Waals surface area contributed by atoms with Crippen LogP contribution in [0.3, 0.4) is 0 Å². The molecule has 0 spiro atoms. The number of hydrogen-bond donors (Lipinski definition) is 6. The predicted octanol–water partition coefficient (Wildman–Crippen LogP) is -3.63. The first kappa shape index (κ1) is 10.8. The highest BCUT2D eigenvalue weighted by atomic mass is 16.5. The zero-order chi connectivity index (χ0) is 9.02. The zero-order valence-corrected chi connectivity index (χ0v) is 5.70. The molecule has 0 fully saturated rings. The Kier molecular flexibility index (Phi) is 4.50. The number of rotatable bonds is 4. The summed E-state index contributed by atoms with van der Waals surface area (Å²) in [6, 6.07) is 0. The molecule has 0 aromatic rings. The molecule has 0 aromatic carbocycles. The summed E-state index contributed by atoms with van der Waals surface area (Å²) in [4.78, 5) is 0. The molecule has 0 bridgehead atoms. The molecule has 68 valence electrons. The molecule has 0 heterocycles. The van der Waals surface area contributed by atoms with E-state index in [0.717, 1.165) is 0 Å². The van der Waals surface area contributed by atoms with Crippen molar-refractivity contribution < 1.29 is 30.6 Å². The van der Waals surface area contributed by atoms with Gasteiger partial charge in [-0.15, -0.1) is 0 Å². The molecule has 0 saturated carbocycles. The SMILES string of the molecule is OC[C@H](O)[C@@H](O)[C@H](O)C(O)O. The van der Waals surface area contributed by atoms with E-state index in [1.807, 2.05) is 0 Å². The average molecular weight is 168 g/mol. The van der Waals surface area contributed by atoms with E-state index < -0.39 is 31.2 Å². The smallest absolute Gasteiger partial charge is 0.180 e. The maximum Gasteiger partial charge on any atom is 0.180 e. The first-order valence-electron chi connectivity index (χ1n) is 3.02. The Hall–Kier alpha value is -0.240. The van der Waals surface area contributed by atoms with Crippen molar-refractivity contribution in [1.82, 2.24) is 0 Å². The van der Waals surface area contributed by atoms with Gasteiger partial charge in [-0.3, -0.25) is 0 Å². The van der Waals surface area contributed by atoms with Crippen molar-refractivity contribution in [2.45, 2.75) is 24.6 Å². The van der Waals surface area contributed by atoms with Crippen molar-refractivity contribution >= 4 is 0 Å². The van der Waals surface area contributed by atoms with Gasteiger partial charge in [0.2, 0.25) is 0 Å². The summed E-state index contributed by atoms with van der Waals surface area (Å²) < 4.78 is 0. The summed E-state index contributed by atoms with van der Waals surface area (Å²) in [6.45, 7) is -0.759. The van der Waals surface area contributed by atoms with Crippen LogP contribution in [0.2, 0.25) is 0 Å². The summed E-state index contributed by atoms with van der Waals surface area (Å²) in [6.07, 6.45) is -7.35. The number of hydrogen-bond acceptors (Lipinski definition) is 6. The summed E-state index contributed by atoms with van der Waals surface area (Å²) in [7, 11) is 0. The van der Waals surface area contributed by atoms with Crippen LogP contribution in [-0.4, -0.2) is 61.8 Å². The minimum Gasteiger partial charge on any atom is -0.394 e. The second-order valence-corrected chi connectivity index (χ2v) is 2.14. The van der Waals surface area contributed by atoms with Gasteiger partial charge in [0.05, 0.1) is 6.61 Å². The van der Waals surface area contributed by atoms with Crippen molar-refractivity contribution in [2.24, 2.45) is 0 Å². The Morgan fingerprint density at radius 1 is 0.818 bits per heavy atom. The summed E-state index contributed by atoms with van der Waals surface area (Å²) in [5.74, 6) is 0. The van der Waals surface area contributed by atoms with Gasteiger partial charge in [0, 0.05) is 0 Å². The lowest BCUT2D eigenvalue weighted by Gasteiger charge is -2.22. The quantitative estimate of drug-likeness (QED) is 0.241. The van der Waals surface area contributed by atoms with E-state index >= 15 is 0 Å². The fraction of sp³-hybridized carbons (Fsp3) is 1.00. The van der Waals surface area contributed by atoms with E-state index in [0.29, 0.717) is 0 Å². The molecule has 0 aliphatic rings. The molecule has 6 N–H and O–H groups in total. The van der Waals surface area contributed by atoms with Crippen LogP contribution >= 0.6 is 0 Å². The van der Waals surface area contributed by atoms with Gasteiger partial charge in [0.1, 0.15) is 18.3 Å². The molecule has 0 aromatic heterocycles. The molecule has 0 saturated heterocycles. The van der Waals surface area contributed by atoms with Crippen LogP contribution in [0, 0.1) is 0 Å². The first-order valence-corrected chi connectivity index (χ1v) is 3.02. The van der Waals surface area contributed by atoms with Gasteiger partial charge < -0.3 is 30.6 Å². The Morgan fingerprint density at radius 2 is 1.27 bits per heavy atom. The second kappa shape index (κ2) is 4.60. The zero-order valence-electron chi connectivity index (χ0n) is 5.70. The van der Waals surface area contributed by atoms with Crippen LogP contribution in [0.4, 0.5) is 0 Å². The van der Waals surface area contributed by atoms with Crippen molar-refractivity contribution in [3.8, 4) is 0 Å². The van der Waals surface area contributed by atoms with Gasteiger partial charge in [-0.1, -0.05) is 0 Å². The monoisotopic (exact) mass is 168 g/mol. The Bertz CT molecular complexity index is 105. The van der Waals surface area contributed by atoms with Gasteiger partial charge in [-0.2, -0.15) is 0 Å². The fourth-order valence-electron chi connectivity index (χ4n) is 0.512. The van der Waals surface area contributed by atoms with E-state index in [1.54, 1.807) is 0 Å². The van der Waals surface area contributed by atoms with Crippen molar-refractivity contribution in [2.75, 3.05) is 6.61 Å². The molecular formula is C5H12O6. The maximum atomic E-state index is 8.78. The summed E-state index contributed by atoms with van der Waals surface area (Å²) in [5.41, 5.74) is 0. The van der Waals surface area contributed by atoms with E-state index in [2.05, 4.69) is 0 Å². The van der Waals surface area contributed by atoms with Crippen LogP contribution in [0.1, 0.15) is 0 Å². The topological polar surface area (TPSA) is 121 Å². The van der Waals surface area contributed by atoms with Crippen LogP contribution in [-0.2, 0) is 0 Å². The highest BCUT2D eigenvalue weighted by Gasteiger charge is 2.28. The molecule has 3 atom stereocenters. The van der Waals surface area contributed by atoms with Gasteiger partial charge in [-0.05, 0) is 0 Å². The third kappa shape index (κ3) is 3.10. The lowest BCUT2D eigenvalue weighted by molar-refractivity contribution is -0.180. The van der Waals surface area contributed by atoms with Crippen LogP contribution in [0.15, 0.2) is 0 Å². The summed E-state index contributed by atoms with van der Waals surface area (Å²) >= 11 is 0. The van der Waals surface area contributed by atoms with E-state index in [1.165, 1.54) is 0 Å². The van der Waals surface area contributed by atoms with E-state index in [9.17, 15) is 0 Å². The number of aliphatic hydroxyl groups is 6. The Labute approximate surface area is 63.0 Å². The van der Waals surface area contributed by atoms with E-state index in [-0.39, 0.29) is 0 Å². The largest absolute Gasteiger partial charge is 0.394 e. The lowest BCUT2D eigenvalue weighted by atomic mass is 10.1.